The summed E-state index contributed by atoms with van der Waals surface area (Å²) in [4.78, 5) is 11.2. The third-order valence-electron chi connectivity index (χ3n) is 3.25. The second-order valence-corrected chi connectivity index (χ2v) is 4.86. The Hall–Kier alpha value is -2.82. The van der Waals surface area contributed by atoms with Gasteiger partial charge in [-0.3, -0.25) is 9.89 Å². The monoisotopic (exact) mass is 280 g/mol. The number of carbonyl (C=O) groups is 1. The first kappa shape index (κ1) is 13.2. The molecule has 0 bridgehead atoms. The Bertz CT molecular complexity index is 779. The number of benzene rings is 2. The number of aromatic amines is 1. The maximum Gasteiger partial charge on any atom is 0.221 e. The smallest absolute Gasteiger partial charge is 0.221 e. The normalized spacial score (nSPS) is 10.5. The van der Waals surface area contributed by atoms with Gasteiger partial charge in [0, 0.05) is 30.2 Å². The Kier molecular flexibility index (Phi) is 3.55. The van der Waals surface area contributed by atoms with Gasteiger partial charge in [-0.1, -0.05) is 18.2 Å². The van der Waals surface area contributed by atoms with Crippen LogP contribution in [0.1, 0.15) is 12.5 Å². The molecule has 0 unspecified atom stereocenters. The van der Waals surface area contributed by atoms with E-state index in [2.05, 4.69) is 20.8 Å². The minimum absolute atomic E-state index is 0.0673. The van der Waals surface area contributed by atoms with Crippen LogP contribution in [0.2, 0.25) is 0 Å². The van der Waals surface area contributed by atoms with Crippen LogP contribution in [0.4, 0.5) is 11.4 Å². The number of carbonyl (C=O) groups excluding carboxylic acids is 1. The average Bonchev–Trinajstić information content (AvgIpc) is 2.93. The summed E-state index contributed by atoms with van der Waals surface area (Å²) in [6.45, 7) is 2.15. The van der Waals surface area contributed by atoms with E-state index in [4.69, 9.17) is 0 Å². The van der Waals surface area contributed by atoms with Crippen molar-refractivity contribution in [2.24, 2.45) is 0 Å². The van der Waals surface area contributed by atoms with E-state index in [1.165, 1.54) is 6.92 Å². The molecule has 5 nitrogen and oxygen atoms in total. The van der Waals surface area contributed by atoms with Crippen LogP contribution in [0, 0.1) is 0 Å². The molecule has 21 heavy (non-hydrogen) atoms. The number of nitrogens with one attached hydrogen (secondary N) is 3. The lowest BCUT2D eigenvalue weighted by molar-refractivity contribution is -0.114. The zero-order valence-corrected chi connectivity index (χ0v) is 11.7. The Morgan fingerprint density at radius 1 is 1.24 bits per heavy atom. The van der Waals surface area contributed by atoms with Crippen LogP contribution in [-0.2, 0) is 11.3 Å². The minimum Gasteiger partial charge on any atom is -0.381 e. The third-order valence-corrected chi connectivity index (χ3v) is 3.25. The average molecular weight is 280 g/mol. The summed E-state index contributed by atoms with van der Waals surface area (Å²) in [7, 11) is 0. The largest absolute Gasteiger partial charge is 0.381 e. The number of hydrogen-bond acceptors (Lipinski definition) is 3. The molecule has 0 radical (unpaired) electrons. The SMILES string of the molecule is CC(=O)Nc1ccccc1CNc1ccc2[nH]ncc2c1. The molecule has 1 aromatic heterocycles. The molecule has 0 aliphatic rings. The number of anilines is 2. The van der Waals surface area contributed by atoms with Crippen molar-refractivity contribution in [1.82, 2.24) is 10.2 Å². The fraction of sp³-hybridized carbons (Fsp3) is 0.125. The molecule has 0 aliphatic carbocycles. The van der Waals surface area contributed by atoms with Gasteiger partial charge in [-0.05, 0) is 29.8 Å². The van der Waals surface area contributed by atoms with Gasteiger partial charge in [0.25, 0.3) is 0 Å². The Morgan fingerprint density at radius 3 is 2.95 bits per heavy atom. The molecule has 0 saturated carbocycles. The number of nitrogens with zero attached hydrogens (tertiary/aromatic N) is 1. The highest BCUT2D eigenvalue weighted by atomic mass is 16.1. The van der Waals surface area contributed by atoms with Crippen molar-refractivity contribution >= 4 is 28.2 Å². The number of amides is 1. The summed E-state index contributed by atoms with van der Waals surface area (Å²) in [5, 5.41) is 14.2. The van der Waals surface area contributed by atoms with E-state index >= 15 is 0 Å². The predicted molar refractivity (Wildman–Crippen MR) is 84.2 cm³/mol. The molecule has 3 aromatic rings. The molecule has 3 rings (SSSR count). The van der Waals surface area contributed by atoms with Crippen LogP contribution in [0.3, 0.4) is 0 Å². The lowest BCUT2D eigenvalue weighted by Gasteiger charge is -2.11. The molecule has 2 aromatic carbocycles. The molecule has 1 amide bonds. The van der Waals surface area contributed by atoms with Crippen molar-refractivity contribution in [3.05, 3.63) is 54.2 Å². The zero-order valence-electron chi connectivity index (χ0n) is 11.7. The maximum absolute atomic E-state index is 11.2. The van der Waals surface area contributed by atoms with Crippen LogP contribution in [0.15, 0.2) is 48.7 Å². The van der Waals surface area contributed by atoms with E-state index in [1.54, 1.807) is 6.20 Å². The first-order valence-electron chi connectivity index (χ1n) is 6.75. The summed E-state index contributed by atoms with van der Waals surface area (Å²) in [6, 6.07) is 13.8. The van der Waals surface area contributed by atoms with Crippen LogP contribution in [0.25, 0.3) is 10.9 Å². The molecule has 3 N–H and O–H groups in total. The number of hydrogen-bond donors (Lipinski definition) is 3. The van der Waals surface area contributed by atoms with Crippen molar-refractivity contribution < 1.29 is 4.79 Å². The predicted octanol–water partition coefficient (Wildman–Crippen LogP) is 3.13. The molecule has 0 fully saturated rings. The highest BCUT2D eigenvalue weighted by Gasteiger charge is 2.04. The Labute approximate surface area is 122 Å². The summed E-state index contributed by atoms with van der Waals surface area (Å²) >= 11 is 0. The molecule has 0 saturated heterocycles. The Balaban J connectivity index is 1.76. The van der Waals surface area contributed by atoms with Gasteiger partial charge < -0.3 is 10.6 Å². The molecule has 0 spiro atoms. The summed E-state index contributed by atoms with van der Waals surface area (Å²) in [6.07, 6.45) is 1.80. The topological polar surface area (TPSA) is 69.8 Å². The quantitative estimate of drug-likeness (QED) is 0.687. The summed E-state index contributed by atoms with van der Waals surface area (Å²) in [5.41, 5.74) is 3.91. The fourth-order valence-electron chi connectivity index (χ4n) is 2.24. The molecule has 106 valence electrons. The summed E-state index contributed by atoms with van der Waals surface area (Å²) < 4.78 is 0. The lowest BCUT2D eigenvalue weighted by Crippen LogP contribution is -2.10. The molecule has 0 atom stereocenters. The second-order valence-electron chi connectivity index (χ2n) is 4.86. The van der Waals surface area contributed by atoms with E-state index in [1.807, 2.05) is 42.5 Å². The summed E-state index contributed by atoms with van der Waals surface area (Å²) in [5.74, 6) is -0.0673. The molecule has 0 aliphatic heterocycles. The van der Waals surface area contributed by atoms with Crippen LogP contribution >= 0.6 is 0 Å². The van der Waals surface area contributed by atoms with Gasteiger partial charge in [0.2, 0.25) is 5.91 Å². The number of H-pyrrole nitrogens is 1. The molecule has 1 heterocycles. The van der Waals surface area contributed by atoms with Crippen molar-refractivity contribution in [2.45, 2.75) is 13.5 Å². The number of rotatable bonds is 4. The third kappa shape index (κ3) is 3.02. The van der Waals surface area contributed by atoms with Crippen LogP contribution < -0.4 is 10.6 Å². The first-order chi connectivity index (χ1) is 10.2. The standard InChI is InChI=1S/C16H16N4O/c1-11(21)19-15-5-3-2-4-12(15)9-17-14-6-7-16-13(8-14)10-18-20-16/h2-8,10,17H,9H2,1H3,(H,18,20)(H,19,21). The van der Waals surface area contributed by atoms with E-state index in [-0.39, 0.29) is 5.91 Å². The van der Waals surface area contributed by atoms with Gasteiger partial charge in [-0.25, -0.2) is 0 Å². The van der Waals surface area contributed by atoms with E-state index in [9.17, 15) is 4.79 Å². The van der Waals surface area contributed by atoms with Gasteiger partial charge in [0.05, 0.1) is 11.7 Å². The van der Waals surface area contributed by atoms with Gasteiger partial charge in [-0.15, -0.1) is 0 Å². The van der Waals surface area contributed by atoms with Crippen molar-refractivity contribution in [2.75, 3.05) is 10.6 Å². The van der Waals surface area contributed by atoms with Crippen LogP contribution in [0.5, 0.6) is 0 Å². The second kappa shape index (κ2) is 5.66. The molecule has 5 heteroatoms. The van der Waals surface area contributed by atoms with Gasteiger partial charge in [0.1, 0.15) is 0 Å². The van der Waals surface area contributed by atoms with Crippen molar-refractivity contribution in [3.8, 4) is 0 Å². The van der Waals surface area contributed by atoms with Gasteiger partial charge in [0.15, 0.2) is 0 Å². The van der Waals surface area contributed by atoms with Crippen LogP contribution in [-0.4, -0.2) is 16.1 Å². The Morgan fingerprint density at radius 2 is 2.10 bits per heavy atom. The van der Waals surface area contributed by atoms with E-state index in [0.29, 0.717) is 6.54 Å². The molecular weight excluding hydrogens is 264 g/mol. The number of aromatic nitrogens is 2. The number of fused-ring (bicyclic) bond motifs is 1. The zero-order chi connectivity index (χ0) is 14.7. The maximum atomic E-state index is 11.2. The minimum atomic E-state index is -0.0673. The van der Waals surface area contributed by atoms with Gasteiger partial charge in [-0.2, -0.15) is 5.10 Å². The lowest BCUT2D eigenvalue weighted by atomic mass is 10.1. The first-order valence-corrected chi connectivity index (χ1v) is 6.75. The van der Waals surface area contributed by atoms with E-state index in [0.717, 1.165) is 27.8 Å². The van der Waals surface area contributed by atoms with Crippen molar-refractivity contribution in [3.63, 3.8) is 0 Å². The highest BCUT2D eigenvalue weighted by molar-refractivity contribution is 5.89. The van der Waals surface area contributed by atoms with E-state index < -0.39 is 0 Å². The highest BCUT2D eigenvalue weighted by Crippen LogP contribution is 2.20. The fourth-order valence-corrected chi connectivity index (χ4v) is 2.24. The number of para-hydroxylation sites is 1. The molecular formula is C16H16N4O. The van der Waals surface area contributed by atoms with Gasteiger partial charge >= 0.3 is 0 Å². The van der Waals surface area contributed by atoms with Crippen molar-refractivity contribution in [1.29, 1.82) is 0 Å².